The van der Waals surface area contributed by atoms with Crippen LogP contribution in [-0.2, 0) is 21.1 Å². The summed E-state index contributed by atoms with van der Waals surface area (Å²) in [7, 11) is 1.60. The molecule has 0 spiro atoms. The molecule has 3 heterocycles. The number of nitrogens with zero attached hydrogens (tertiary/aromatic N) is 3. The van der Waals surface area contributed by atoms with Crippen LogP contribution in [0.4, 0.5) is 4.79 Å². The normalized spacial score (nSPS) is 26.7. The number of oxime groups is 1. The second kappa shape index (κ2) is 8.13. The summed E-state index contributed by atoms with van der Waals surface area (Å²) in [5, 5.41) is 5.79. The van der Waals surface area contributed by atoms with Crippen LogP contribution in [0.5, 0.6) is 0 Å². The summed E-state index contributed by atoms with van der Waals surface area (Å²) < 4.78 is 0. The van der Waals surface area contributed by atoms with E-state index in [2.05, 4.69) is 5.16 Å². The highest BCUT2D eigenvalue weighted by Crippen LogP contribution is 2.33. The van der Waals surface area contributed by atoms with Crippen molar-refractivity contribution in [3.8, 4) is 0 Å². The van der Waals surface area contributed by atoms with Crippen molar-refractivity contribution >= 4 is 25.2 Å². The van der Waals surface area contributed by atoms with E-state index in [9.17, 15) is 9.59 Å². The van der Waals surface area contributed by atoms with Crippen molar-refractivity contribution in [2.75, 3.05) is 6.54 Å². The van der Waals surface area contributed by atoms with E-state index in [1.807, 2.05) is 35.2 Å². The van der Waals surface area contributed by atoms with Gasteiger partial charge in [-0.1, -0.05) is 41.8 Å². The fraction of sp³-hybridized carbons (Fsp3) is 0.526. The maximum atomic E-state index is 12.9. The van der Waals surface area contributed by atoms with Gasteiger partial charge in [-0.2, -0.15) is 5.06 Å². The van der Waals surface area contributed by atoms with E-state index >= 15 is 0 Å². The minimum Gasteiger partial charge on any atom is -0.392 e. The molecule has 2 fully saturated rings. The molecule has 2 saturated heterocycles. The lowest BCUT2D eigenvalue weighted by Gasteiger charge is -2.29. The summed E-state index contributed by atoms with van der Waals surface area (Å²) in [6.45, 7) is 1.06. The number of rotatable bonds is 8. The molecule has 0 aromatic heterocycles. The van der Waals surface area contributed by atoms with Crippen LogP contribution >= 0.6 is 0 Å². The van der Waals surface area contributed by atoms with Gasteiger partial charge in [0.25, 0.3) is 0 Å². The molecule has 8 heteroatoms. The highest BCUT2D eigenvalue weighted by Gasteiger charge is 2.48. The van der Waals surface area contributed by atoms with E-state index in [-0.39, 0.29) is 24.2 Å². The van der Waals surface area contributed by atoms with Crippen LogP contribution < -0.4 is 0 Å². The van der Waals surface area contributed by atoms with Gasteiger partial charge in [-0.3, -0.25) is 4.84 Å². The van der Waals surface area contributed by atoms with Gasteiger partial charge >= 0.3 is 6.03 Å². The molecule has 27 heavy (non-hydrogen) atoms. The quantitative estimate of drug-likeness (QED) is 0.401. The third-order valence-corrected chi connectivity index (χ3v) is 5.43. The first-order valence-corrected chi connectivity index (χ1v) is 9.52. The molecular formula is C19H23BN3O4. The van der Waals surface area contributed by atoms with Crippen LogP contribution in [0.3, 0.4) is 0 Å². The molecule has 2 bridgehead atoms. The van der Waals surface area contributed by atoms with Gasteiger partial charge in [-0.25, -0.2) is 4.79 Å². The molecule has 2 amide bonds. The van der Waals surface area contributed by atoms with Gasteiger partial charge in [0.2, 0.25) is 0 Å². The van der Waals surface area contributed by atoms with Crippen molar-refractivity contribution in [2.45, 2.75) is 56.8 Å². The minimum absolute atomic E-state index is 0.00272. The maximum Gasteiger partial charge on any atom is 0.344 e. The number of fused-ring (bicyclic) bond motifs is 2. The number of benzene rings is 1. The molecule has 0 aliphatic carbocycles. The Bertz CT molecular complexity index is 714. The van der Waals surface area contributed by atoms with Crippen LogP contribution in [0.25, 0.3) is 0 Å². The molecule has 4 rings (SSSR count). The summed E-state index contributed by atoms with van der Waals surface area (Å²) in [6, 6.07) is 9.86. The number of carbonyl (C=O) groups is 2. The van der Waals surface area contributed by atoms with Crippen LogP contribution in [0.1, 0.15) is 31.2 Å². The lowest BCUT2D eigenvalue weighted by Crippen LogP contribution is -2.44. The smallest absolute Gasteiger partial charge is 0.344 e. The van der Waals surface area contributed by atoms with Gasteiger partial charge in [0, 0.05) is 13.0 Å². The Morgan fingerprint density at radius 1 is 1.30 bits per heavy atom. The fourth-order valence-electron chi connectivity index (χ4n) is 4.01. The average molecular weight is 368 g/mol. The Kier molecular flexibility index (Phi) is 5.43. The standard InChI is InChI=1S/C19H23BN3O4/c24-13-20-9-8-16-10-17(21-27-16)18-7-6-15-11-22(18)19(25)23(15)26-12-14-4-2-1-3-5-14/h1-5,13,15-16,18H,6-12H2/t15-,16+,18+/m1/s1. The largest absolute Gasteiger partial charge is 0.392 e. The molecule has 0 N–H and O–H groups in total. The van der Waals surface area contributed by atoms with E-state index in [1.165, 1.54) is 0 Å². The topological polar surface area (TPSA) is 71.4 Å². The second-order valence-corrected chi connectivity index (χ2v) is 7.23. The Balaban J connectivity index is 1.33. The second-order valence-electron chi connectivity index (χ2n) is 7.23. The Morgan fingerprint density at radius 3 is 2.96 bits per heavy atom. The third kappa shape index (κ3) is 3.85. The molecule has 0 unspecified atom stereocenters. The zero-order valence-electron chi connectivity index (χ0n) is 15.2. The van der Waals surface area contributed by atoms with Gasteiger partial charge in [0.15, 0.2) is 7.28 Å². The SMILES string of the molecule is O=C[B]CC[C@H]1CC([C@@H]2CC[C@@H]3CN2C(=O)N3OCc2ccccc2)=NO1. The van der Waals surface area contributed by atoms with E-state index in [0.29, 0.717) is 19.5 Å². The van der Waals surface area contributed by atoms with Crippen molar-refractivity contribution in [2.24, 2.45) is 5.16 Å². The Hall–Kier alpha value is -2.35. The number of hydrogen-bond acceptors (Lipinski definition) is 5. The van der Waals surface area contributed by atoms with Crippen molar-refractivity contribution in [1.82, 2.24) is 9.96 Å². The molecule has 1 aromatic carbocycles. The average Bonchev–Trinajstić information content (AvgIpc) is 3.26. The lowest BCUT2D eigenvalue weighted by molar-refractivity contribution is -0.140. The highest BCUT2D eigenvalue weighted by atomic mass is 16.7. The van der Waals surface area contributed by atoms with Crippen molar-refractivity contribution in [1.29, 1.82) is 0 Å². The minimum atomic E-state index is -0.0844. The number of carbonyl (C=O) groups excluding carboxylic acids is 2. The summed E-state index contributed by atoms with van der Waals surface area (Å²) in [5.41, 5.74) is 1.98. The van der Waals surface area contributed by atoms with Gasteiger partial charge in [0.05, 0.1) is 24.0 Å². The number of amides is 2. The van der Waals surface area contributed by atoms with E-state index in [0.717, 1.165) is 43.1 Å². The van der Waals surface area contributed by atoms with Gasteiger partial charge in [-0.05, 0) is 24.8 Å². The van der Waals surface area contributed by atoms with Crippen molar-refractivity contribution < 1.29 is 19.3 Å². The first-order chi connectivity index (χ1) is 13.3. The van der Waals surface area contributed by atoms with E-state index < -0.39 is 0 Å². The zero-order chi connectivity index (χ0) is 18.6. The maximum absolute atomic E-state index is 12.9. The first-order valence-electron chi connectivity index (χ1n) is 9.52. The molecule has 3 aliphatic rings. The number of piperidine rings is 1. The van der Waals surface area contributed by atoms with Gasteiger partial charge < -0.3 is 14.5 Å². The first kappa shape index (κ1) is 18.0. The molecule has 1 aromatic rings. The molecule has 141 valence electrons. The molecule has 3 atom stereocenters. The molecule has 7 nitrogen and oxygen atoms in total. The predicted molar refractivity (Wildman–Crippen MR) is 101 cm³/mol. The third-order valence-electron chi connectivity index (χ3n) is 5.43. The van der Waals surface area contributed by atoms with Crippen LogP contribution in [0, 0.1) is 0 Å². The molecule has 1 radical (unpaired) electrons. The highest BCUT2D eigenvalue weighted by molar-refractivity contribution is 6.66. The predicted octanol–water partition coefficient (Wildman–Crippen LogP) is 2.23. The van der Waals surface area contributed by atoms with Crippen molar-refractivity contribution in [3.05, 3.63) is 35.9 Å². The fourth-order valence-corrected chi connectivity index (χ4v) is 4.01. The zero-order valence-corrected chi connectivity index (χ0v) is 15.2. The van der Waals surface area contributed by atoms with E-state index in [1.54, 1.807) is 12.3 Å². The molecule has 0 saturated carbocycles. The monoisotopic (exact) mass is 368 g/mol. The van der Waals surface area contributed by atoms with Crippen molar-refractivity contribution in [3.63, 3.8) is 0 Å². The molecular weight excluding hydrogens is 345 g/mol. The summed E-state index contributed by atoms with van der Waals surface area (Å²) in [4.78, 5) is 36.5. The number of urea groups is 1. The van der Waals surface area contributed by atoms with E-state index in [4.69, 9.17) is 9.68 Å². The summed E-state index contributed by atoms with van der Waals surface area (Å²) in [6.07, 6.45) is 4.74. The summed E-state index contributed by atoms with van der Waals surface area (Å²) in [5.74, 6) is 0. The van der Waals surface area contributed by atoms with Gasteiger partial charge in [-0.15, -0.1) is 0 Å². The molecule has 3 aliphatic heterocycles. The number of hydrogen-bond donors (Lipinski definition) is 0. The Morgan fingerprint density at radius 2 is 2.15 bits per heavy atom. The lowest BCUT2D eigenvalue weighted by atomic mass is 9.74. The van der Waals surface area contributed by atoms with Gasteiger partial charge in [0.1, 0.15) is 12.7 Å². The van der Waals surface area contributed by atoms with Crippen LogP contribution in [0.15, 0.2) is 35.5 Å². The Labute approximate surface area is 159 Å². The van der Waals surface area contributed by atoms with Crippen LogP contribution in [0.2, 0.25) is 6.32 Å². The summed E-state index contributed by atoms with van der Waals surface area (Å²) >= 11 is 0. The number of hydroxylamine groups is 2. The van der Waals surface area contributed by atoms with Crippen LogP contribution in [-0.4, -0.2) is 59.9 Å².